The van der Waals surface area contributed by atoms with Crippen molar-refractivity contribution in [2.75, 3.05) is 31.1 Å². The summed E-state index contributed by atoms with van der Waals surface area (Å²) in [5, 5.41) is 8.85. The van der Waals surface area contributed by atoms with E-state index in [1.54, 1.807) is 12.1 Å². The zero-order valence-corrected chi connectivity index (χ0v) is 12.6. The minimum atomic E-state index is -1.04. The van der Waals surface area contributed by atoms with Crippen molar-refractivity contribution in [2.24, 2.45) is 0 Å². The molecule has 1 rings (SSSR count). The summed E-state index contributed by atoms with van der Waals surface area (Å²) >= 11 is 0. The van der Waals surface area contributed by atoms with Gasteiger partial charge in [0.15, 0.2) is 0 Å². The molecule has 0 atom stereocenters. The van der Waals surface area contributed by atoms with Crippen LogP contribution in [0, 0.1) is 0 Å². The topological polar surface area (TPSA) is 60.9 Å². The fourth-order valence-corrected chi connectivity index (χ4v) is 2.12. The van der Waals surface area contributed by atoms with E-state index in [1.807, 2.05) is 12.1 Å². The molecule has 0 aromatic heterocycles. The van der Waals surface area contributed by atoms with Crippen LogP contribution in [-0.4, -0.2) is 48.1 Å². The molecule has 1 aromatic carbocycles. The average Bonchev–Trinajstić information content (AvgIpc) is 2.47. The quantitative estimate of drug-likeness (QED) is 0.746. The number of carboxylic acid groups (broad SMARTS) is 1. The Labute approximate surface area is 125 Å². The van der Waals surface area contributed by atoms with Crippen molar-refractivity contribution in [2.45, 2.75) is 13.8 Å². The van der Waals surface area contributed by atoms with E-state index in [4.69, 9.17) is 5.11 Å². The Hall–Kier alpha value is -2.30. The van der Waals surface area contributed by atoms with Gasteiger partial charge in [0, 0.05) is 30.9 Å². The Morgan fingerprint density at radius 3 is 2.19 bits per heavy atom. The van der Waals surface area contributed by atoms with E-state index < -0.39 is 5.97 Å². The molecule has 0 aliphatic rings. The molecule has 0 spiro atoms. The molecular weight excluding hydrogens is 268 g/mol. The number of hydrogen-bond donors (Lipinski definition) is 1. The van der Waals surface area contributed by atoms with Crippen LogP contribution >= 0.6 is 0 Å². The lowest BCUT2D eigenvalue weighted by Gasteiger charge is -2.22. The minimum Gasteiger partial charge on any atom is -0.480 e. The van der Waals surface area contributed by atoms with Crippen LogP contribution in [0.3, 0.4) is 0 Å². The molecule has 0 bridgehead atoms. The van der Waals surface area contributed by atoms with Gasteiger partial charge in [-0.15, -0.1) is 6.58 Å². The summed E-state index contributed by atoms with van der Waals surface area (Å²) in [6.45, 7) is 9.36. The van der Waals surface area contributed by atoms with Gasteiger partial charge in [-0.05, 0) is 38.1 Å². The number of amides is 1. The van der Waals surface area contributed by atoms with E-state index in [1.165, 1.54) is 11.0 Å². The molecule has 0 radical (unpaired) electrons. The van der Waals surface area contributed by atoms with Crippen LogP contribution in [-0.2, 0) is 4.79 Å². The van der Waals surface area contributed by atoms with Gasteiger partial charge in [-0.2, -0.15) is 0 Å². The predicted molar refractivity (Wildman–Crippen MR) is 83.7 cm³/mol. The Bertz CT molecular complexity index is 493. The van der Waals surface area contributed by atoms with Crippen LogP contribution in [0.25, 0.3) is 0 Å². The van der Waals surface area contributed by atoms with Gasteiger partial charge in [-0.1, -0.05) is 6.08 Å². The lowest BCUT2D eigenvalue weighted by atomic mass is 10.1. The fourth-order valence-electron chi connectivity index (χ4n) is 2.12. The van der Waals surface area contributed by atoms with Crippen molar-refractivity contribution >= 4 is 17.6 Å². The number of benzene rings is 1. The van der Waals surface area contributed by atoms with Gasteiger partial charge in [0.2, 0.25) is 0 Å². The summed E-state index contributed by atoms with van der Waals surface area (Å²) in [4.78, 5) is 26.5. The third kappa shape index (κ3) is 4.63. The Balaban J connectivity index is 2.90. The number of anilines is 1. The van der Waals surface area contributed by atoms with Crippen molar-refractivity contribution in [3.05, 3.63) is 42.5 Å². The highest BCUT2D eigenvalue weighted by Crippen LogP contribution is 2.16. The first-order valence-electron chi connectivity index (χ1n) is 7.00. The first-order chi connectivity index (χ1) is 10.0. The van der Waals surface area contributed by atoms with Gasteiger partial charge in [-0.25, -0.2) is 0 Å². The lowest BCUT2D eigenvalue weighted by molar-refractivity contribution is -0.137. The van der Waals surface area contributed by atoms with Crippen LogP contribution in [0.1, 0.15) is 24.2 Å². The number of nitrogens with zero attached hydrogens (tertiary/aromatic N) is 2. The van der Waals surface area contributed by atoms with Crippen molar-refractivity contribution in [3.8, 4) is 0 Å². The molecule has 0 saturated heterocycles. The summed E-state index contributed by atoms with van der Waals surface area (Å²) in [6.07, 6.45) is 1.52. The van der Waals surface area contributed by atoms with E-state index in [9.17, 15) is 9.59 Å². The normalized spacial score (nSPS) is 10.0. The van der Waals surface area contributed by atoms with E-state index in [2.05, 4.69) is 25.3 Å². The average molecular weight is 290 g/mol. The van der Waals surface area contributed by atoms with Gasteiger partial charge in [0.05, 0.1) is 0 Å². The zero-order chi connectivity index (χ0) is 15.8. The van der Waals surface area contributed by atoms with Gasteiger partial charge < -0.3 is 14.9 Å². The highest BCUT2D eigenvalue weighted by atomic mass is 16.4. The van der Waals surface area contributed by atoms with E-state index in [0.717, 1.165) is 18.8 Å². The number of hydrogen-bond acceptors (Lipinski definition) is 3. The number of rotatable bonds is 8. The van der Waals surface area contributed by atoms with Crippen molar-refractivity contribution in [1.82, 2.24) is 4.90 Å². The molecule has 0 aliphatic heterocycles. The maximum Gasteiger partial charge on any atom is 0.323 e. The van der Waals surface area contributed by atoms with Crippen LogP contribution in [0.2, 0.25) is 0 Å². The molecule has 0 unspecified atom stereocenters. The molecule has 5 heteroatoms. The van der Waals surface area contributed by atoms with Crippen LogP contribution in [0.5, 0.6) is 0 Å². The summed E-state index contributed by atoms with van der Waals surface area (Å²) in [5.74, 6) is -1.34. The Morgan fingerprint density at radius 2 is 1.76 bits per heavy atom. The molecule has 114 valence electrons. The van der Waals surface area contributed by atoms with E-state index in [0.29, 0.717) is 5.56 Å². The minimum absolute atomic E-state index is 0.211. The van der Waals surface area contributed by atoms with Gasteiger partial charge >= 0.3 is 5.97 Å². The molecule has 0 saturated carbocycles. The molecule has 0 heterocycles. The second-order valence-corrected chi connectivity index (χ2v) is 4.59. The number of carboxylic acids is 1. The standard InChI is InChI=1S/C16H22N2O3/c1-4-11-18(12-15(19)20)16(21)13-7-9-14(10-8-13)17(5-2)6-3/h4,7-10H,1,5-6,11-12H2,2-3H3,(H,19,20). The Kier molecular flexibility index (Phi) is 6.46. The molecule has 5 nitrogen and oxygen atoms in total. The highest BCUT2D eigenvalue weighted by molar-refractivity contribution is 5.96. The van der Waals surface area contributed by atoms with Crippen LogP contribution in [0.4, 0.5) is 5.69 Å². The second-order valence-electron chi connectivity index (χ2n) is 4.59. The lowest BCUT2D eigenvalue weighted by Crippen LogP contribution is -2.35. The third-order valence-electron chi connectivity index (χ3n) is 3.21. The van der Waals surface area contributed by atoms with Gasteiger partial charge in [-0.3, -0.25) is 9.59 Å². The van der Waals surface area contributed by atoms with E-state index in [-0.39, 0.29) is 19.0 Å². The van der Waals surface area contributed by atoms with Crippen LogP contribution < -0.4 is 4.90 Å². The predicted octanol–water partition coefficient (Wildman–Crippen LogP) is 2.25. The molecule has 0 aliphatic carbocycles. The summed E-state index contributed by atoms with van der Waals surface area (Å²) in [6, 6.07) is 7.22. The number of carbonyl (C=O) groups is 2. The summed E-state index contributed by atoms with van der Waals surface area (Å²) in [7, 11) is 0. The maximum absolute atomic E-state index is 12.3. The molecule has 1 N–H and O–H groups in total. The van der Waals surface area contributed by atoms with Gasteiger partial charge in [0.25, 0.3) is 5.91 Å². The molecule has 1 aromatic rings. The first kappa shape index (κ1) is 16.8. The van der Waals surface area contributed by atoms with Crippen molar-refractivity contribution in [3.63, 3.8) is 0 Å². The maximum atomic E-state index is 12.3. The monoisotopic (exact) mass is 290 g/mol. The SMILES string of the molecule is C=CCN(CC(=O)O)C(=O)c1ccc(N(CC)CC)cc1. The van der Waals surface area contributed by atoms with Crippen molar-refractivity contribution in [1.29, 1.82) is 0 Å². The zero-order valence-electron chi connectivity index (χ0n) is 12.6. The molecular formula is C16H22N2O3. The highest BCUT2D eigenvalue weighted by Gasteiger charge is 2.17. The molecule has 0 fully saturated rings. The number of carbonyl (C=O) groups excluding carboxylic acids is 1. The van der Waals surface area contributed by atoms with Gasteiger partial charge in [0.1, 0.15) is 6.54 Å². The van der Waals surface area contributed by atoms with E-state index >= 15 is 0 Å². The molecule has 1 amide bonds. The summed E-state index contributed by atoms with van der Waals surface area (Å²) < 4.78 is 0. The first-order valence-corrected chi connectivity index (χ1v) is 7.00. The largest absolute Gasteiger partial charge is 0.480 e. The third-order valence-corrected chi connectivity index (χ3v) is 3.21. The van der Waals surface area contributed by atoms with Crippen LogP contribution in [0.15, 0.2) is 36.9 Å². The molecule has 21 heavy (non-hydrogen) atoms. The Morgan fingerprint density at radius 1 is 1.19 bits per heavy atom. The van der Waals surface area contributed by atoms with Crippen molar-refractivity contribution < 1.29 is 14.7 Å². The fraction of sp³-hybridized carbons (Fsp3) is 0.375. The second kappa shape index (κ2) is 8.09. The summed E-state index contributed by atoms with van der Waals surface area (Å²) in [5.41, 5.74) is 1.53. The smallest absolute Gasteiger partial charge is 0.323 e. The number of aliphatic carboxylic acids is 1.